The van der Waals surface area contributed by atoms with Crippen LogP contribution in [0.1, 0.15) is 32.0 Å². The Morgan fingerprint density at radius 1 is 0.774 bits per heavy atom. The molecule has 0 radical (unpaired) electrons. The zero-order chi connectivity index (χ0) is 21.0. The number of imidazole rings is 1. The van der Waals surface area contributed by atoms with E-state index in [1.54, 1.807) is 0 Å². The highest BCUT2D eigenvalue weighted by atomic mass is 16.5. The highest BCUT2D eigenvalue weighted by molar-refractivity contribution is 5.65. The number of nitrogens with zero attached hydrogens (tertiary/aromatic N) is 2. The second kappa shape index (κ2) is 8.81. The Kier molecular flexibility index (Phi) is 5.57. The van der Waals surface area contributed by atoms with E-state index in [0.29, 0.717) is 6.61 Å². The average molecular weight is 410 g/mol. The molecule has 0 N–H and O–H groups in total. The molecule has 3 nitrogen and oxygen atoms in total. The van der Waals surface area contributed by atoms with Crippen LogP contribution in [-0.2, 0) is 13.0 Å². The molecule has 31 heavy (non-hydrogen) atoms. The Bertz CT molecular complexity index is 1140. The summed E-state index contributed by atoms with van der Waals surface area (Å²) in [6.45, 7) is 3.79. The second-order valence-corrected chi connectivity index (χ2v) is 8.13. The smallest absolute Gasteiger partial charge is 0.262 e. The van der Waals surface area contributed by atoms with Gasteiger partial charge in [-0.3, -0.25) is 0 Å². The monoisotopic (exact) mass is 409 g/mol. The molecule has 5 rings (SSSR count). The van der Waals surface area contributed by atoms with Gasteiger partial charge in [-0.2, -0.15) is 4.57 Å². The van der Waals surface area contributed by atoms with Gasteiger partial charge in [0.1, 0.15) is 17.6 Å². The highest BCUT2D eigenvalue weighted by Gasteiger charge is 2.26. The third-order valence-corrected chi connectivity index (χ3v) is 6.13. The van der Waals surface area contributed by atoms with Gasteiger partial charge in [-0.05, 0) is 73.7 Å². The van der Waals surface area contributed by atoms with E-state index in [0.717, 1.165) is 18.7 Å². The van der Waals surface area contributed by atoms with Crippen molar-refractivity contribution in [3.05, 3.63) is 90.9 Å². The summed E-state index contributed by atoms with van der Waals surface area (Å²) >= 11 is 0. The molecular weight excluding hydrogens is 380 g/mol. The van der Waals surface area contributed by atoms with Crippen molar-refractivity contribution in [1.29, 1.82) is 0 Å². The normalized spacial score (nSPS) is 13.5. The first kappa shape index (κ1) is 19.6. The molecule has 2 heterocycles. The predicted octanol–water partition coefficient (Wildman–Crippen LogP) is 6.22. The van der Waals surface area contributed by atoms with Gasteiger partial charge in [0, 0.05) is 12.0 Å². The van der Waals surface area contributed by atoms with Gasteiger partial charge in [0.05, 0.1) is 13.2 Å². The molecule has 0 fully saturated rings. The topological polar surface area (TPSA) is 18.0 Å². The van der Waals surface area contributed by atoms with E-state index in [4.69, 9.17) is 4.74 Å². The molecule has 0 spiro atoms. The zero-order valence-corrected chi connectivity index (χ0v) is 18.1. The Morgan fingerprint density at radius 3 is 2.23 bits per heavy atom. The van der Waals surface area contributed by atoms with Gasteiger partial charge in [-0.15, -0.1) is 0 Å². The van der Waals surface area contributed by atoms with Gasteiger partial charge in [-0.1, -0.05) is 42.5 Å². The van der Waals surface area contributed by atoms with Crippen LogP contribution in [0.25, 0.3) is 28.1 Å². The van der Waals surface area contributed by atoms with Gasteiger partial charge in [-0.25, -0.2) is 4.57 Å². The van der Waals surface area contributed by atoms with Crippen LogP contribution >= 0.6 is 0 Å². The number of hydrogen-bond acceptors (Lipinski definition) is 1. The molecule has 1 aliphatic rings. The molecule has 0 saturated heterocycles. The van der Waals surface area contributed by atoms with Crippen LogP contribution in [0, 0.1) is 0 Å². The fourth-order valence-electron chi connectivity index (χ4n) is 4.56. The summed E-state index contributed by atoms with van der Waals surface area (Å²) in [5, 5.41) is 0. The minimum atomic E-state index is 0.693. The molecule has 0 amide bonds. The van der Waals surface area contributed by atoms with Gasteiger partial charge < -0.3 is 4.74 Å². The van der Waals surface area contributed by atoms with Crippen molar-refractivity contribution in [2.75, 3.05) is 6.61 Å². The third kappa shape index (κ3) is 4.00. The van der Waals surface area contributed by atoms with Crippen molar-refractivity contribution < 1.29 is 9.30 Å². The lowest BCUT2D eigenvalue weighted by molar-refractivity contribution is -0.692. The number of ether oxygens (including phenoxy) is 1. The molecule has 156 valence electrons. The minimum Gasteiger partial charge on any atom is -0.494 e. The summed E-state index contributed by atoms with van der Waals surface area (Å²) in [6, 6.07) is 28.0. The molecule has 3 aromatic carbocycles. The summed E-state index contributed by atoms with van der Waals surface area (Å²) in [7, 11) is 0. The molecule has 1 aromatic heterocycles. The number of aromatic nitrogens is 2. The van der Waals surface area contributed by atoms with Crippen molar-refractivity contribution >= 4 is 0 Å². The summed E-state index contributed by atoms with van der Waals surface area (Å²) in [5.74, 6) is 2.33. The minimum absolute atomic E-state index is 0.693. The first-order valence-corrected chi connectivity index (χ1v) is 11.4. The molecule has 4 aromatic rings. The Hall–Kier alpha value is -3.33. The molecule has 0 aliphatic carbocycles. The van der Waals surface area contributed by atoms with Gasteiger partial charge in [0.25, 0.3) is 5.82 Å². The lowest BCUT2D eigenvalue weighted by Crippen LogP contribution is -2.38. The van der Waals surface area contributed by atoms with Crippen molar-refractivity contribution in [1.82, 2.24) is 4.57 Å². The second-order valence-electron chi connectivity index (χ2n) is 8.13. The summed E-state index contributed by atoms with van der Waals surface area (Å²) in [5.41, 5.74) is 6.26. The Morgan fingerprint density at radius 2 is 1.48 bits per heavy atom. The molecule has 0 saturated carbocycles. The van der Waals surface area contributed by atoms with E-state index in [2.05, 4.69) is 94.2 Å². The van der Waals surface area contributed by atoms with Crippen LogP contribution in [0.4, 0.5) is 0 Å². The van der Waals surface area contributed by atoms with Gasteiger partial charge >= 0.3 is 0 Å². The van der Waals surface area contributed by atoms with E-state index in [1.165, 1.54) is 53.2 Å². The van der Waals surface area contributed by atoms with Crippen LogP contribution in [0.15, 0.2) is 85.1 Å². The summed E-state index contributed by atoms with van der Waals surface area (Å²) in [4.78, 5) is 0. The molecule has 0 atom stereocenters. The third-order valence-electron chi connectivity index (χ3n) is 6.13. The maximum absolute atomic E-state index is 5.64. The lowest BCUT2D eigenvalue weighted by Gasteiger charge is -2.05. The molecule has 3 heteroatoms. The molecule has 1 aliphatic heterocycles. The van der Waals surface area contributed by atoms with Gasteiger partial charge in [0.15, 0.2) is 5.69 Å². The van der Waals surface area contributed by atoms with Crippen LogP contribution < -0.4 is 9.30 Å². The summed E-state index contributed by atoms with van der Waals surface area (Å²) in [6.07, 6.45) is 7.19. The van der Waals surface area contributed by atoms with Crippen molar-refractivity contribution in [3.8, 4) is 33.8 Å². The molecule has 0 bridgehead atoms. The molecular formula is C28H29N2O+. The van der Waals surface area contributed by atoms with Crippen molar-refractivity contribution in [2.24, 2.45) is 0 Å². The first-order valence-electron chi connectivity index (χ1n) is 11.4. The Balaban J connectivity index is 1.54. The largest absolute Gasteiger partial charge is 0.494 e. The van der Waals surface area contributed by atoms with Crippen molar-refractivity contribution in [2.45, 2.75) is 39.2 Å². The fraction of sp³-hybridized carbons (Fsp3) is 0.250. The maximum Gasteiger partial charge on any atom is 0.262 e. The van der Waals surface area contributed by atoms with Crippen molar-refractivity contribution in [3.63, 3.8) is 0 Å². The first-order chi connectivity index (χ1) is 15.3. The van der Waals surface area contributed by atoms with Gasteiger partial charge in [0.2, 0.25) is 0 Å². The standard InChI is InChI=1S/C28H29N2O/c1-2-31-26-18-14-24(15-19-26)27-21-30(28-11-7-4-8-20-29(27)28)25-16-12-23(13-17-25)22-9-5-3-6-10-22/h3,5-6,9-10,12-19,21H,2,4,7-8,11,20H2,1H3/q+1. The van der Waals surface area contributed by atoms with E-state index < -0.39 is 0 Å². The lowest BCUT2D eigenvalue weighted by atomic mass is 10.1. The average Bonchev–Trinajstić information content (AvgIpc) is 3.01. The quantitative estimate of drug-likeness (QED) is 0.358. The van der Waals surface area contributed by atoms with Crippen LogP contribution in [-0.4, -0.2) is 11.2 Å². The maximum atomic E-state index is 5.64. The number of fused-ring (bicyclic) bond motifs is 1. The van der Waals surface area contributed by atoms with E-state index in [1.807, 2.05) is 6.92 Å². The van der Waals surface area contributed by atoms with Crippen LogP contribution in [0.2, 0.25) is 0 Å². The highest BCUT2D eigenvalue weighted by Crippen LogP contribution is 2.27. The number of hydrogen-bond donors (Lipinski definition) is 0. The summed E-state index contributed by atoms with van der Waals surface area (Å²) < 4.78 is 10.6. The van der Waals surface area contributed by atoms with E-state index in [-0.39, 0.29) is 0 Å². The SMILES string of the molecule is CCOc1ccc(-c2cn(-c3ccc(-c4ccccc4)cc3)c3[n+]2CCCCC3)cc1. The molecule has 0 unspecified atom stereocenters. The fourth-order valence-corrected chi connectivity index (χ4v) is 4.56. The predicted molar refractivity (Wildman–Crippen MR) is 126 cm³/mol. The Labute approximate surface area is 184 Å². The van der Waals surface area contributed by atoms with E-state index in [9.17, 15) is 0 Å². The van der Waals surface area contributed by atoms with E-state index >= 15 is 0 Å². The number of benzene rings is 3. The van der Waals surface area contributed by atoms with Crippen LogP contribution in [0.5, 0.6) is 5.75 Å². The zero-order valence-electron chi connectivity index (χ0n) is 18.1. The van der Waals surface area contributed by atoms with Crippen LogP contribution in [0.3, 0.4) is 0 Å². The number of rotatable bonds is 5.